The van der Waals surface area contributed by atoms with Crippen molar-refractivity contribution in [3.63, 3.8) is 0 Å². The molecule has 1 N–H and O–H groups in total. The number of rotatable bonds is 7. The normalized spacial score (nSPS) is 12.2. The van der Waals surface area contributed by atoms with Crippen LogP contribution < -0.4 is 4.74 Å². The first kappa shape index (κ1) is 18.5. The zero-order chi connectivity index (χ0) is 19.3. The molecule has 3 aromatic carbocycles. The van der Waals surface area contributed by atoms with Crippen molar-refractivity contribution in [3.05, 3.63) is 72.5 Å². The fourth-order valence-corrected chi connectivity index (χ4v) is 3.31. The topological polar surface area (TPSA) is 68.4 Å². The molecule has 1 heterocycles. The highest BCUT2D eigenvalue weighted by atomic mass is 32.2. The Balaban J connectivity index is 1.29. The largest absolute Gasteiger partial charge is 0.491 e. The van der Waals surface area contributed by atoms with Gasteiger partial charge in [-0.3, -0.25) is 0 Å². The lowest BCUT2D eigenvalue weighted by atomic mass is 10.1. The highest BCUT2D eigenvalue weighted by Gasteiger charge is 2.12. The van der Waals surface area contributed by atoms with Crippen molar-refractivity contribution in [2.75, 3.05) is 12.4 Å². The average molecular weight is 396 g/mol. The first-order valence-corrected chi connectivity index (χ1v) is 9.68. The number of aromatic nitrogens is 2. The van der Waals surface area contributed by atoms with Gasteiger partial charge in [0, 0.05) is 11.3 Å². The van der Waals surface area contributed by atoms with Crippen LogP contribution in [0.15, 0.2) is 76.4 Å². The van der Waals surface area contributed by atoms with Gasteiger partial charge in [-0.1, -0.05) is 42.1 Å². The van der Waals surface area contributed by atoms with Crippen molar-refractivity contribution in [1.82, 2.24) is 10.2 Å². The maximum atomic E-state index is 13.0. The lowest BCUT2D eigenvalue weighted by Gasteiger charge is -2.11. The summed E-state index contributed by atoms with van der Waals surface area (Å²) in [4.78, 5) is 0. The van der Waals surface area contributed by atoms with Gasteiger partial charge in [-0.25, -0.2) is 4.39 Å². The van der Waals surface area contributed by atoms with E-state index in [-0.39, 0.29) is 12.4 Å². The van der Waals surface area contributed by atoms with Crippen molar-refractivity contribution in [2.45, 2.75) is 11.3 Å². The number of thioether (sulfide) groups is 1. The third-order valence-electron chi connectivity index (χ3n) is 4.06. The van der Waals surface area contributed by atoms with Crippen LogP contribution in [-0.2, 0) is 0 Å². The third-order valence-corrected chi connectivity index (χ3v) is 5.02. The minimum Gasteiger partial charge on any atom is -0.491 e. The number of aliphatic hydroxyl groups is 1. The molecule has 0 bridgehead atoms. The number of hydrogen-bond donors (Lipinski definition) is 1. The Morgan fingerprint density at radius 1 is 1.00 bits per heavy atom. The Labute approximate surface area is 165 Å². The van der Waals surface area contributed by atoms with Gasteiger partial charge in [0.2, 0.25) is 5.89 Å². The highest BCUT2D eigenvalue weighted by molar-refractivity contribution is 7.99. The van der Waals surface area contributed by atoms with Gasteiger partial charge in [0.25, 0.3) is 5.22 Å². The summed E-state index contributed by atoms with van der Waals surface area (Å²) in [6, 6.07) is 19.6. The number of aliphatic hydroxyl groups excluding tert-OH is 1. The predicted molar refractivity (Wildman–Crippen MR) is 106 cm³/mol. The minimum absolute atomic E-state index is 0.157. The molecule has 0 saturated heterocycles. The Morgan fingerprint density at radius 3 is 2.61 bits per heavy atom. The molecule has 0 fully saturated rings. The number of benzene rings is 3. The van der Waals surface area contributed by atoms with Gasteiger partial charge < -0.3 is 14.3 Å². The van der Waals surface area contributed by atoms with E-state index in [9.17, 15) is 9.50 Å². The van der Waals surface area contributed by atoms with Crippen LogP contribution in [0, 0.1) is 5.82 Å². The smallest absolute Gasteiger partial charge is 0.276 e. The maximum Gasteiger partial charge on any atom is 0.276 e. The Morgan fingerprint density at radius 2 is 1.79 bits per heavy atom. The second kappa shape index (κ2) is 8.41. The molecule has 0 aliphatic rings. The number of hydrogen-bond acceptors (Lipinski definition) is 6. The first-order valence-electron chi connectivity index (χ1n) is 8.69. The summed E-state index contributed by atoms with van der Waals surface area (Å²) in [7, 11) is 0. The van der Waals surface area contributed by atoms with Crippen LogP contribution in [0.2, 0.25) is 0 Å². The molecule has 0 spiro atoms. The van der Waals surface area contributed by atoms with E-state index in [0.717, 1.165) is 10.8 Å². The van der Waals surface area contributed by atoms with E-state index in [1.54, 1.807) is 12.1 Å². The summed E-state index contributed by atoms with van der Waals surface area (Å²) in [6.07, 6.45) is -0.697. The number of fused-ring (bicyclic) bond motifs is 1. The van der Waals surface area contributed by atoms with Crippen LogP contribution in [0.5, 0.6) is 5.75 Å². The molecule has 1 aromatic heterocycles. The number of halogens is 1. The molecule has 4 rings (SSSR count). The predicted octanol–water partition coefficient (Wildman–Crippen LogP) is 4.56. The molecule has 0 radical (unpaired) electrons. The monoisotopic (exact) mass is 396 g/mol. The summed E-state index contributed by atoms with van der Waals surface area (Å²) in [5.41, 5.74) is 0.640. The van der Waals surface area contributed by atoms with E-state index < -0.39 is 6.10 Å². The van der Waals surface area contributed by atoms with E-state index in [4.69, 9.17) is 9.15 Å². The van der Waals surface area contributed by atoms with Crippen LogP contribution in [0.1, 0.15) is 0 Å². The molecule has 0 amide bonds. The van der Waals surface area contributed by atoms with Crippen molar-refractivity contribution >= 4 is 22.5 Å². The van der Waals surface area contributed by atoms with Gasteiger partial charge in [-0.2, -0.15) is 0 Å². The fourth-order valence-electron chi connectivity index (χ4n) is 2.64. The van der Waals surface area contributed by atoms with E-state index in [0.29, 0.717) is 28.2 Å². The number of nitrogens with zero attached hydrogens (tertiary/aromatic N) is 2. The van der Waals surface area contributed by atoms with Gasteiger partial charge in [0.15, 0.2) is 0 Å². The van der Waals surface area contributed by atoms with Crippen LogP contribution in [0.4, 0.5) is 4.39 Å². The fraction of sp³-hybridized carbons (Fsp3) is 0.143. The second-order valence-corrected chi connectivity index (χ2v) is 7.14. The van der Waals surface area contributed by atoms with Crippen LogP contribution in [-0.4, -0.2) is 33.8 Å². The summed E-state index contributed by atoms with van der Waals surface area (Å²) in [5.74, 6) is 1.04. The van der Waals surface area contributed by atoms with Crippen LogP contribution in [0.3, 0.4) is 0 Å². The van der Waals surface area contributed by atoms with Crippen molar-refractivity contribution < 1.29 is 18.7 Å². The summed E-state index contributed by atoms with van der Waals surface area (Å²) >= 11 is 1.24. The minimum atomic E-state index is -0.697. The molecular weight excluding hydrogens is 379 g/mol. The van der Waals surface area contributed by atoms with Gasteiger partial charge >= 0.3 is 0 Å². The van der Waals surface area contributed by atoms with Crippen LogP contribution >= 0.6 is 11.8 Å². The summed E-state index contributed by atoms with van der Waals surface area (Å²) < 4.78 is 24.2. The van der Waals surface area contributed by atoms with Gasteiger partial charge in [0.05, 0.1) is 6.10 Å². The maximum absolute atomic E-state index is 13.0. The first-order chi connectivity index (χ1) is 13.7. The second-order valence-electron chi connectivity index (χ2n) is 6.16. The Hall–Kier alpha value is -2.90. The van der Waals surface area contributed by atoms with Gasteiger partial charge in [-0.15, -0.1) is 10.2 Å². The molecular formula is C21H17FN2O3S. The van der Waals surface area contributed by atoms with E-state index in [2.05, 4.69) is 10.2 Å². The molecule has 7 heteroatoms. The van der Waals surface area contributed by atoms with Crippen molar-refractivity contribution in [1.29, 1.82) is 0 Å². The van der Waals surface area contributed by atoms with Crippen molar-refractivity contribution in [2.24, 2.45) is 0 Å². The molecule has 1 atom stereocenters. The van der Waals surface area contributed by atoms with E-state index in [1.807, 2.05) is 42.5 Å². The van der Waals surface area contributed by atoms with E-state index in [1.165, 1.54) is 23.9 Å². The third kappa shape index (κ3) is 4.49. The van der Waals surface area contributed by atoms with Crippen LogP contribution in [0.25, 0.3) is 22.2 Å². The highest BCUT2D eigenvalue weighted by Crippen LogP contribution is 2.24. The molecule has 142 valence electrons. The molecule has 4 aromatic rings. The summed E-state index contributed by atoms with van der Waals surface area (Å²) in [6.45, 7) is 0.157. The zero-order valence-electron chi connectivity index (χ0n) is 14.8. The lowest BCUT2D eigenvalue weighted by molar-refractivity contribution is 0.126. The number of ether oxygens (including phenoxy) is 1. The SMILES string of the molecule is OC(COc1ccc2ccccc2c1)CSc1nnc(-c2ccc(F)cc2)o1. The van der Waals surface area contributed by atoms with E-state index >= 15 is 0 Å². The molecule has 0 aliphatic heterocycles. The Bertz CT molecular complexity index is 1070. The summed E-state index contributed by atoms with van der Waals surface area (Å²) in [5, 5.41) is 20.6. The van der Waals surface area contributed by atoms with Gasteiger partial charge in [-0.05, 0) is 47.2 Å². The molecule has 5 nitrogen and oxygen atoms in total. The average Bonchev–Trinajstić information content (AvgIpc) is 3.20. The molecule has 0 aliphatic carbocycles. The quantitative estimate of drug-likeness (QED) is 0.462. The van der Waals surface area contributed by atoms with Crippen molar-refractivity contribution in [3.8, 4) is 17.2 Å². The Kier molecular flexibility index (Phi) is 5.55. The standard InChI is InChI=1S/C21H17FN2O3S/c22-17-8-5-15(6-9-17)20-23-24-21(27-20)28-13-18(25)12-26-19-10-7-14-3-1-2-4-16(14)11-19/h1-11,18,25H,12-13H2. The zero-order valence-corrected chi connectivity index (χ0v) is 15.6. The van der Waals surface area contributed by atoms with Gasteiger partial charge in [0.1, 0.15) is 18.2 Å². The lowest BCUT2D eigenvalue weighted by Crippen LogP contribution is -2.20. The molecule has 0 saturated carbocycles. The molecule has 28 heavy (non-hydrogen) atoms. The molecule has 1 unspecified atom stereocenters.